The van der Waals surface area contributed by atoms with Crippen LogP contribution in [0.2, 0.25) is 0 Å². The van der Waals surface area contributed by atoms with Crippen LogP contribution in [0.4, 0.5) is 0 Å². The highest BCUT2D eigenvalue weighted by Gasteiger charge is 2.22. The second kappa shape index (κ2) is 7.37. The fourth-order valence-corrected chi connectivity index (χ4v) is 4.72. The molecule has 0 N–H and O–H groups in total. The second-order valence-electron chi connectivity index (χ2n) is 8.06. The molecule has 0 unspecified atom stereocenters. The van der Waals surface area contributed by atoms with Crippen molar-refractivity contribution < 1.29 is 4.57 Å². The highest BCUT2D eigenvalue weighted by molar-refractivity contribution is 6.15. The number of aromatic nitrogens is 1. The topological polar surface area (TPSA) is 3.88 Å². The Kier molecular flexibility index (Phi) is 4.25. The van der Waals surface area contributed by atoms with E-state index >= 15 is 0 Å². The first-order valence-electron chi connectivity index (χ1n) is 10.7. The van der Waals surface area contributed by atoms with E-state index in [-0.39, 0.29) is 0 Å². The molecule has 1 nitrogen and oxygen atoms in total. The summed E-state index contributed by atoms with van der Waals surface area (Å²) in [5.74, 6) is 0. The van der Waals surface area contributed by atoms with Crippen molar-refractivity contribution in [3.63, 3.8) is 0 Å². The van der Waals surface area contributed by atoms with E-state index in [1.807, 2.05) is 0 Å². The number of benzene rings is 5. The van der Waals surface area contributed by atoms with E-state index in [2.05, 4.69) is 126 Å². The average Bonchev–Trinajstić information content (AvgIpc) is 2.83. The minimum Gasteiger partial charge on any atom is -0.193 e. The van der Waals surface area contributed by atoms with Crippen molar-refractivity contribution in [1.29, 1.82) is 0 Å². The number of hydrogen-bond donors (Lipinski definition) is 0. The van der Waals surface area contributed by atoms with E-state index in [0.29, 0.717) is 0 Å². The molecule has 0 fully saturated rings. The van der Waals surface area contributed by atoms with Gasteiger partial charge in [-0.05, 0) is 39.1 Å². The van der Waals surface area contributed by atoms with E-state index in [4.69, 9.17) is 0 Å². The smallest absolute Gasteiger partial charge is 0.193 e. The van der Waals surface area contributed by atoms with Crippen LogP contribution in [0.5, 0.6) is 0 Å². The molecular weight excluding hydrogens is 374 g/mol. The Bertz CT molecular complexity index is 1490. The third-order valence-corrected chi connectivity index (χ3v) is 6.14. The minimum absolute atomic E-state index is 0.832. The normalized spacial score (nSPS) is 11.4. The Labute approximate surface area is 181 Å². The number of nitrogens with zero attached hydrogens (tertiary/aromatic N) is 1. The molecule has 0 aliphatic carbocycles. The molecule has 0 saturated heterocycles. The average molecular weight is 397 g/mol. The van der Waals surface area contributed by atoms with Gasteiger partial charge < -0.3 is 0 Å². The van der Waals surface area contributed by atoms with Crippen molar-refractivity contribution in [3.8, 4) is 11.3 Å². The lowest BCUT2D eigenvalue weighted by atomic mass is 9.92. The third kappa shape index (κ3) is 3.06. The molecule has 146 valence electrons. The van der Waals surface area contributed by atoms with Crippen LogP contribution in [0, 0.1) is 0 Å². The van der Waals surface area contributed by atoms with Gasteiger partial charge in [-0.1, -0.05) is 97.1 Å². The number of pyridine rings is 1. The van der Waals surface area contributed by atoms with Gasteiger partial charge in [0, 0.05) is 11.6 Å². The van der Waals surface area contributed by atoms with Crippen LogP contribution in [0.1, 0.15) is 5.56 Å². The van der Waals surface area contributed by atoms with Gasteiger partial charge in [0.2, 0.25) is 5.69 Å². The maximum Gasteiger partial charge on any atom is 0.221 e. The maximum atomic E-state index is 2.41. The van der Waals surface area contributed by atoms with Gasteiger partial charge in [0.25, 0.3) is 0 Å². The summed E-state index contributed by atoms with van der Waals surface area (Å²) in [5, 5.41) is 7.67. The van der Waals surface area contributed by atoms with E-state index in [1.54, 1.807) is 0 Å². The fourth-order valence-electron chi connectivity index (χ4n) is 4.72. The van der Waals surface area contributed by atoms with Crippen LogP contribution in [-0.2, 0) is 6.54 Å². The zero-order valence-electron chi connectivity index (χ0n) is 17.2. The second-order valence-corrected chi connectivity index (χ2v) is 8.06. The highest BCUT2D eigenvalue weighted by Crippen LogP contribution is 2.37. The molecular formula is C30H22N+. The summed E-state index contributed by atoms with van der Waals surface area (Å²) in [6.07, 6.45) is 2.24. The molecule has 0 saturated carbocycles. The predicted octanol–water partition coefficient (Wildman–Crippen LogP) is 7.15. The van der Waals surface area contributed by atoms with Crippen molar-refractivity contribution in [1.82, 2.24) is 0 Å². The molecule has 31 heavy (non-hydrogen) atoms. The standard InChI is InChI=1S/C30H22N/c1-2-10-22(11-3-1)21-31-19-18-23-12-4-9-17-28(23)30(31)29-26-15-7-5-13-24(26)20-25-14-6-8-16-27(25)29/h1-20H,21H2/q+1. The molecule has 1 heterocycles. The molecule has 6 rings (SSSR count). The zero-order chi connectivity index (χ0) is 20.6. The van der Waals surface area contributed by atoms with Crippen LogP contribution in [-0.4, -0.2) is 0 Å². The van der Waals surface area contributed by atoms with E-state index in [9.17, 15) is 0 Å². The lowest BCUT2D eigenvalue weighted by Crippen LogP contribution is -2.36. The van der Waals surface area contributed by atoms with E-state index in [0.717, 1.165) is 6.54 Å². The molecule has 0 spiro atoms. The van der Waals surface area contributed by atoms with Crippen molar-refractivity contribution in [2.24, 2.45) is 0 Å². The predicted molar refractivity (Wildman–Crippen MR) is 130 cm³/mol. The highest BCUT2D eigenvalue weighted by atomic mass is 15.0. The molecule has 0 aliphatic rings. The fraction of sp³-hybridized carbons (Fsp3) is 0.0333. The summed E-state index contributed by atoms with van der Waals surface area (Å²) in [6, 6.07) is 41.5. The Balaban J connectivity index is 1.77. The quantitative estimate of drug-likeness (QED) is 0.221. The van der Waals surface area contributed by atoms with Crippen molar-refractivity contribution >= 4 is 32.3 Å². The molecule has 1 heteroatoms. The van der Waals surface area contributed by atoms with Gasteiger partial charge in [-0.25, -0.2) is 0 Å². The molecule has 1 aromatic heterocycles. The number of rotatable bonds is 3. The summed E-state index contributed by atoms with van der Waals surface area (Å²) in [6.45, 7) is 0.832. The van der Waals surface area contributed by atoms with Crippen LogP contribution >= 0.6 is 0 Å². The van der Waals surface area contributed by atoms with Gasteiger partial charge in [-0.3, -0.25) is 0 Å². The first kappa shape index (κ1) is 17.9. The summed E-state index contributed by atoms with van der Waals surface area (Å²) in [4.78, 5) is 0. The summed E-state index contributed by atoms with van der Waals surface area (Å²) < 4.78 is 2.41. The number of fused-ring (bicyclic) bond motifs is 3. The van der Waals surface area contributed by atoms with Crippen molar-refractivity contribution in [2.45, 2.75) is 6.54 Å². The van der Waals surface area contributed by atoms with Crippen LogP contribution in [0.15, 0.2) is 121 Å². The van der Waals surface area contributed by atoms with Gasteiger partial charge in [0.05, 0.1) is 10.9 Å². The lowest BCUT2D eigenvalue weighted by Gasteiger charge is -2.14. The van der Waals surface area contributed by atoms with Gasteiger partial charge in [0.15, 0.2) is 12.7 Å². The molecule has 6 aromatic rings. The third-order valence-electron chi connectivity index (χ3n) is 6.14. The Morgan fingerprint density at radius 3 is 1.71 bits per heavy atom. The zero-order valence-corrected chi connectivity index (χ0v) is 17.2. The Morgan fingerprint density at radius 2 is 1.03 bits per heavy atom. The van der Waals surface area contributed by atoms with Gasteiger partial charge in [-0.15, -0.1) is 0 Å². The molecule has 5 aromatic carbocycles. The summed E-state index contributed by atoms with van der Waals surface area (Å²) in [5.41, 5.74) is 3.88. The van der Waals surface area contributed by atoms with Gasteiger partial charge >= 0.3 is 0 Å². The molecule has 0 atom stereocenters. The SMILES string of the molecule is c1ccc(C[n+]2ccc3ccccc3c2-c2c3ccccc3cc3ccccc23)cc1. The Hall–Kier alpha value is -3.97. The Morgan fingerprint density at radius 1 is 0.484 bits per heavy atom. The lowest BCUT2D eigenvalue weighted by molar-refractivity contribution is -0.676. The van der Waals surface area contributed by atoms with Crippen LogP contribution in [0.3, 0.4) is 0 Å². The van der Waals surface area contributed by atoms with Gasteiger partial charge in [0.1, 0.15) is 0 Å². The van der Waals surface area contributed by atoms with Gasteiger partial charge in [-0.2, -0.15) is 4.57 Å². The maximum absolute atomic E-state index is 2.41. The van der Waals surface area contributed by atoms with Crippen LogP contribution in [0.25, 0.3) is 43.6 Å². The van der Waals surface area contributed by atoms with Crippen LogP contribution < -0.4 is 4.57 Å². The number of hydrogen-bond acceptors (Lipinski definition) is 0. The molecule has 0 radical (unpaired) electrons. The molecule has 0 aliphatic heterocycles. The molecule has 0 amide bonds. The summed E-state index contributed by atoms with van der Waals surface area (Å²) in [7, 11) is 0. The first-order valence-corrected chi connectivity index (χ1v) is 10.7. The van der Waals surface area contributed by atoms with Crippen molar-refractivity contribution in [2.75, 3.05) is 0 Å². The van der Waals surface area contributed by atoms with Crippen molar-refractivity contribution in [3.05, 3.63) is 127 Å². The first-order chi connectivity index (χ1) is 15.4. The monoisotopic (exact) mass is 396 g/mol. The summed E-state index contributed by atoms with van der Waals surface area (Å²) >= 11 is 0. The largest absolute Gasteiger partial charge is 0.221 e. The molecule has 0 bridgehead atoms. The van der Waals surface area contributed by atoms with E-state index < -0.39 is 0 Å². The minimum atomic E-state index is 0.832. The van der Waals surface area contributed by atoms with E-state index in [1.165, 1.54) is 49.1 Å².